The van der Waals surface area contributed by atoms with Crippen LogP contribution in [0.5, 0.6) is 0 Å². The minimum Gasteiger partial charge on any atom is -0.332 e. The number of fused-ring (bicyclic) bond motifs is 5. The van der Waals surface area contributed by atoms with Crippen molar-refractivity contribution in [1.29, 1.82) is 0 Å². The van der Waals surface area contributed by atoms with Crippen LogP contribution in [0.15, 0.2) is 202 Å². The van der Waals surface area contributed by atoms with E-state index in [0.717, 1.165) is 93.5 Å². The number of carbonyl (C=O) groups is 5. The Hall–Kier alpha value is -13.2. The van der Waals surface area contributed by atoms with E-state index in [1.807, 2.05) is 51.1 Å². The highest BCUT2D eigenvalue weighted by molar-refractivity contribution is 6.45. The quantitative estimate of drug-likeness (QED) is 0.109. The number of nitrogens with zero attached hydrogens (tertiary/aromatic N) is 25. The first-order chi connectivity index (χ1) is 66.2. The van der Waals surface area contributed by atoms with E-state index < -0.39 is 57.4 Å². The molecule has 30 nitrogen and oxygen atoms in total. The molecule has 0 spiro atoms. The van der Waals surface area contributed by atoms with Crippen molar-refractivity contribution in [3.63, 3.8) is 0 Å². The third-order valence-corrected chi connectivity index (χ3v) is 27.2. The molecule has 4 atom stereocenters. The van der Waals surface area contributed by atoms with Crippen LogP contribution in [-0.2, 0) is 57.5 Å². The number of hydrogen-bond acceptors (Lipinski definition) is 20. The van der Waals surface area contributed by atoms with Gasteiger partial charge in [0.05, 0.1) is 175 Å². The third kappa shape index (κ3) is 20.0. The number of pyridine rings is 1. The number of para-hydroxylation sites is 1. The number of alkyl halides is 6. The summed E-state index contributed by atoms with van der Waals surface area (Å²) in [6, 6.07) is 34.7. The molecule has 44 heteroatoms. The van der Waals surface area contributed by atoms with Gasteiger partial charge in [-0.25, -0.2) is 44.3 Å². The second kappa shape index (κ2) is 41.6. The monoisotopic (exact) mass is 2030 g/mol. The molecule has 138 heavy (non-hydrogen) atoms. The first kappa shape index (κ1) is 97.9. The van der Waals surface area contributed by atoms with Gasteiger partial charge in [-0.3, -0.25) is 33.9 Å². The molecule has 6 aromatic carbocycles. The zero-order chi connectivity index (χ0) is 97.9. The van der Waals surface area contributed by atoms with Gasteiger partial charge in [0, 0.05) is 101 Å². The van der Waals surface area contributed by atoms with Crippen LogP contribution in [0.25, 0.3) is 34.3 Å². The van der Waals surface area contributed by atoms with E-state index >= 15 is 0 Å². The van der Waals surface area contributed by atoms with Gasteiger partial charge in [-0.15, -0.1) is 15.3 Å². The second-order valence-corrected chi connectivity index (χ2v) is 35.2. The van der Waals surface area contributed by atoms with Crippen LogP contribution in [-0.4, -0.2) is 186 Å². The van der Waals surface area contributed by atoms with Crippen molar-refractivity contribution < 1.29 is 50.3 Å². The summed E-state index contributed by atoms with van der Waals surface area (Å²) >= 11 is 48.7. The van der Waals surface area contributed by atoms with E-state index in [0.29, 0.717) is 112 Å². The predicted molar refractivity (Wildman–Crippen MR) is 504 cm³/mol. The van der Waals surface area contributed by atoms with Gasteiger partial charge in [0.1, 0.15) is 58.5 Å². The van der Waals surface area contributed by atoms with E-state index in [9.17, 15) is 50.3 Å². The number of halogens is 14. The molecule has 0 radical (unpaired) electrons. The molecule has 15 aromatic rings. The van der Waals surface area contributed by atoms with Crippen LogP contribution in [0, 0.1) is 6.92 Å². The van der Waals surface area contributed by atoms with E-state index in [1.54, 1.807) is 153 Å². The molecular weight excluding hydrogens is 1960 g/mol. The fourth-order valence-corrected chi connectivity index (χ4v) is 18.7. The molecule has 5 aliphatic rings. The zero-order valence-corrected chi connectivity index (χ0v) is 79.9. The molecule has 5 amide bonds. The van der Waals surface area contributed by atoms with Crippen molar-refractivity contribution in [2.45, 2.75) is 123 Å². The van der Waals surface area contributed by atoms with Crippen LogP contribution in [0.4, 0.5) is 26.3 Å². The molecule has 2 unspecified atom stereocenters. The van der Waals surface area contributed by atoms with Crippen molar-refractivity contribution in [3.8, 4) is 34.3 Å². The topological polar surface area (TPSA) is 320 Å². The average molecular weight is 2040 g/mol. The van der Waals surface area contributed by atoms with Gasteiger partial charge in [-0.1, -0.05) is 170 Å². The number of aryl methyl sites for hydroxylation is 2. The Labute approximate surface area is 824 Å². The molecule has 0 N–H and O–H groups in total. The lowest BCUT2D eigenvalue weighted by Crippen LogP contribution is -2.41. The number of hydrogen-bond donors (Lipinski definition) is 0. The van der Waals surface area contributed by atoms with Gasteiger partial charge in [0.25, 0.3) is 29.5 Å². The number of imidazole rings is 2. The Kier molecular flexibility index (Phi) is 29.5. The maximum atomic E-state index is 13.1. The van der Waals surface area contributed by atoms with E-state index in [4.69, 9.17) is 97.8 Å². The predicted octanol–water partition coefficient (Wildman–Crippen LogP) is 19.8. The molecule has 20 rings (SSSR count). The normalized spacial score (nSPS) is 15.9. The fraction of sp³-hybridized carbons (Fsp3) is 0.255. The summed E-state index contributed by atoms with van der Waals surface area (Å²) in [4.78, 5) is 111. The molecule has 0 bridgehead atoms. The van der Waals surface area contributed by atoms with E-state index in [2.05, 4.69) is 99.0 Å². The molecule has 0 fully saturated rings. The maximum Gasteiger partial charge on any atom is 0.417 e. The SMILES string of the molecule is CC1c2nnn(-c3cncnc3)c2CCN1C(=O)c1cccc(C(F)(F)F)c1Cl.CCc1nc2c(n1-c1ccccc1)CCN(C(=O)c1cccc(Cl)c1Cl)C2.C[C@@H]1c2nnn(-c3cncnc3)c2CCN1C(=O)c1cccc(C(F)(F)F)c1Cl.C[C@H]1c2ncc(-c3cnccn3)n2CCN1C(=O)c1cccc(Cl)c1Cl.Cc1ccc(-n2nnc3c2CCN(C(=O)c2cccc(Cl)c2Cl)C3C)nc1. The van der Waals surface area contributed by atoms with Crippen molar-refractivity contribution >= 4 is 122 Å². The first-order valence-electron chi connectivity index (χ1n) is 43.0. The highest BCUT2D eigenvalue weighted by Gasteiger charge is 2.43. The van der Waals surface area contributed by atoms with Gasteiger partial charge < -0.3 is 33.6 Å². The zero-order valence-electron chi connectivity index (χ0n) is 73.9. The highest BCUT2D eigenvalue weighted by atomic mass is 35.5. The molecular formula is C94H79Cl8F6N25O5. The fourth-order valence-electron chi connectivity index (χ4n) is 16.9. The van der Waals surface area contributed by atoms with Crippen molar-refractivity contribution in [1.82, 2.24) is 123 Å². The van der Waals surface area contributed by atoms with E-state index in [-0.39, 0.29) is 64.1 Å². The van der Waals surface area contributed by atoms with Gasteiger partial charge >= 0.3 is 12.4 Å². The number of amides is 5. The molecule has 5 aliphatic heterocycles. The lowest BCUT2D eigenvalue weighted by molar-refractivity contribution is -0.138. The van der Waals surface area contributed by atoms with Crippen molar-refractivity contribution in [2.75, 3.05) is 32.7 Å². The van der Waals surface area contributed by atoms with Crippen LogP contribution < -0.4 is 0 Å². The number of aromatic nitrogens is 20. The lowest BCUT2D eigenvalue weighted by atomic mass is 10.0. The van der Waals surface area contributed by atoms with E-state index in [1.165, 1.54) is 52.4 Å². The van der Waals surface area contributed by atoms with Crippen LogP contribution in [0.3, 0.4) is 0 Å². The second-order valence-electron chi connectivity index (χ2n) is 32.1. The Morgan fingerprint density at radius 3 is 1.26 bits per heavy atom. The Morgan fingerprint density at radius 2 is 0.826 bits per heavy atom. The summed E-state index contributed by atoms with van der Waals surface area (Å²) in [5.74, 6) is 0.946. The van der Waals surface area contributed by atoms with Gasteiger partial charge in [-0.05, 0) is 119 Å². The lowest BCUT2D eigenvalue weighted by Gasteiger charge is -2.34. The first-order valence-corrected chi connectivity index (χ1v) is 46.0. The molecule has 9 aromatic heterocycles. The smallest absolute Gasteiger partial charge is 0.332 e. The number of rotatable bonds is 11. The molecule has 0 aliphatic carbocycles. The molecule has 708 valence electrons. The van der Waals surface area contributed by atoms with Gasteiger partial charge in [0.2, 0.25) is 0 Å². The maximum absolute atomic E-state index is 13.1. The summed E-state index contributed by atoms with van der Waals surface area (Å²) in [7, 11) is 0. The third-order valence-electron chi connectivity index (χ3n) is 23.9. The minimum absolute atomic E-state index is 0.111. The molecule has 14 heterocycles. The largest absolute Gasteiger partial charge is 0.417 e. The molecule has 0 saturated heterocycles. The number of carbonyl (C=O) groups excluding carboxylic acids is 5. The number of benzene rings is 6. The van der Waals surface area contributed by atoms with Crippen LogP contribution in [0.1, 0.15) is 184 Å². The van der Waals surface area contributed by atoms with Gasteiger partial charge in [-0.2, -0.15) is 31.0 Å². The van der Waals surface area contributed by atoms with Crippen molar-refractivity contribution in [2.24, 2.45) is 0 Å². The summed E-state index contributed by atoms with van der Waals surface area (Å²) in [6.45, 7) is 14.8. The van der Waals surface area contributed by atoms with Crippen LogP contribution >= 0.6 is 92.8 Å². The molecule has 0 saturated carbocycles. The van der Waals surface area contributed by atoms with Gasteiger partial charge in [0.15, 0.2) is 5.82 Å². The Balaban J connectivity index is 0.000000125. The van der Waals surface area contributed by atoms with Crippen molar-refractivity contribution in [3.05, 3.63) is 344 Å². The summed E-state index contributed by atoms with van der Waals surface area (Å²) < 4.78 is 88.0. The van der Waals surface area contributed by atoms with Crippen LogP contribution in [0.2, 0.25) is 40.2 Å². The standard InChI is InChI=1S/C21H19Cl2N3O.C19H17Cl2N5O.C18H15Cl2N5O.2C18H14ClF3N6O/c1-2-19-24-17-13-25(21(27)15-9-6-10-16(22)20(15)23)12-11-18(17)26(19)14-7-4-3-5-8-14;1-11-6-7-16(22-10-11)26-15-8-9-25(12(2)18(15)23-24-26)19(27)13-4-3-5-14(20)17(13)21;1-11-17-23-10-15(14-9-21-5-6-22-14)25(17)8-7-24(11)18(26)12-3-2-4-13(19)16(12)20;2*1-10-16-14(28(26-25-16)11-7-23-9-24-8-11)5-6-27(10)17(29)12-3-2-4-13(15(12)19)18(20,21)22/h3-10H,2,11-13H2,1H3;3-7,10,12H,8-9H2,1-2H3;2-6,9-11H,7-8H2,1H3;2*2-4,7-10H,5-6H2,1H3/t;;11-;10-;/m..01./s1. The highest BCUT2D eigenvalue weighted by Crippen LogP contribution is 2.43. The minimum atomic E-state index is -4.64. The summed E-state index contributed by atoms with van der Waals surface area (Å²) in [6.07, 6.45) is 11.5. The Morgan fingerprint density at radius 1 is 0.399 bits per heavy atom. The Bertz CT molecular complexity index is 6890. The summed E-state index contributed by atoms with van der Waals surface area (Å²) in [5.41, 5.74) is 10.5. The average Bonchev–Trinajstić information content (AvgIpc) is 1.62. The summed E-state index contributed by atoms with van der Waals surface area (Å²) in [5, 5.41) is 25.9.